The number of methoxy groups -OCH3 is 3. The van der Waals surface area contributed by atoms with E-state index in [1.807, 2.05) is 43.3 Å². The lowest BCUT2D eigenvalue weighted by molar-refractivity contribution is -0.113. The van der Waals surface area contributed by atoms with E-state index in [2.05, 4.69) is 16.0 Å². The normalized spacial score (nSPS) is 15.5. The van der Waals surface area contributed by atoms with Crippen LogP contribution >= 0.6 is 12.2 Å². The first-order valence-electron chi connectivity index (χ1n) is 10.3. The molecule has 0 aromatic heterocycles. The molecule has 0 saturated carbocycles. The fourth-order valence-corrected chi connectivity index (χ4v) is 4.33. The van der Waals surface area contributed by atoms with Crippen LogP contribution in [0.1, 0.15) is 18.5 Å². The van der Waals surface area contributed by atoms with Crippen LogP contribution in [-0.2, 0) is 4.79 Å². The topological polar surface area (TPSA) is 80.9 Å². The Kier molecular flexibility index (Phi) is 6.37. The van der Waals surface area contributed by atoms with Crippen LogP contribution < -0.4 is 30.2 Å². The Morgan fingerprint density at radius 2 is 1.73 bits per heavy atom. The average Bonchev–Trinajstić information content (AvgIpc) is 2.82. The zero-order valence-corrected chi connectivity index (χ0v) is 19.6. The number of fused-ring (bicyclic) bond motifs is 1. The SMILES string of the molecule is COc1ccc(NC(=O)C2=C(C)NC(=S)N[C@@H]2c2c(OC)ccc3ccccc23)c(OC)c1. The van der Waals surface area contributed by atoms with Gasteiger partial charge in [-0.25, -0.2) is 0 Å². The van der Waals surface area contributed by atoms with E-state index >= 15 is 0 Å². The number of thiocarbonyl (C=S) groups is 1. The second-order valence-corrected chi connectivity index (χ2v) is 7.90. The molecule has 3 aromatic rings. The second kappa shape index (κ2) is 9.38. The molecule has 1 amide bonds. The molecule has 0 spiro atoms. The second-order valence-electron chi connectivity index (χ2n) is 7.49. The van der Waals surface area contributed by atoms with Gasteiger partial charge in [0.1, 0.15) is 17.2 Å². The molecule has 1 aliphatic rings. The summed E-state index contributed by atoms with van der Waals surface area (Å²) in [7, 11) is 4.73. The summed E-state index contributed by atoms with van der Waals surface area (Å²) >= 11 is 5.44. The van der Waals surface area contributed by atoms with Crippen LogP contribution in [0.4, 0.5) is 5.69 Å². The van der Waals surface area contributed by atoms with Gasteiger partial charge in [-0.15, -0.1) is 0 Å². The van der Waals surface area contributed by atoms with Gasteiger partial charge in [0.15, 0.2) is 5.11 Å². The number of ether oxygens (including phenoxy) is 3. The van der Waals surface area contributed by atoms with Crippen molar-refractivity contribution >= 4 is 39.7 Å². The molecule has 170 valence electrons. The molecule has 3 aromatic carbocycles. The molecule has 3 N–H and O–H groups in total. The van der Waals surface area contributed by atoms with Crippen molar-refractivity contribution in [2.45, 2.75) is 13.0 Å². The van der Waals surface area contributed by atoms with Gasteiger partial charge >= 0.3 is 0 Å². The number of anilines is 1. The largest absolute Gasteiger partial charge is 0.497 e. The van der Waals surface area contributed by atoms with E-state index in [1.165, 1.54) is 0 Å². The lowest BCUT2D eigenvalue weighted by atomic mass is 9.90. The molecule has 0 radical (unpaired) electrons. The fraction of sp³-hybridized carbons (Fsp3) is 0.200. The standard InChI is InChI=1S/C25H25N3O4S/c1-14-21(24(29)27-18-11-10-16(30-2)13-20(18)32-4)23(28-25(33)26-14)22-17-8-6-5-7-15(17)9-12-19(22)31-3/h5-13,23H,1-4H3,(H,27,29)(H2,26,28,33)/t23-/m0/s1. The van der Waals surface area contributed by atoms with Crippen LogP contribution in [0.15, 0.2) is 65.9 Å². The average molecular weight is 464 g/mol. The Balaban J connectivity index is 1.81. The Morgan fingerprint density at radius 3 is 2.45 bits per heavy atom. The van der Waals surface area contributed by atoms with E-state index in [0.29, 0.717) is 39.3 Å². The molecule has 33 heavy (non-hydrogen) atoms. The number of allylic oxidation sites excluding steroid dienone is 1. The number of nitrogens with one attached hydrogen (secondary N) is 3. The highest BCUT2D eigenvalue weighted by molar-refractivity contribution is 7.80. The predicted octanol–water partition coefficient (Wildman–Crippen LogP) is 4.30. The number of carbonyl (C=O) groups excluding carboxylic acids is 1. The van der Waals surface area contributed by atoms with E-state index in [9.17, 15) is 4.79 Å². The van der Waals surface area contributed by atoms with Gasteiger partial charge in [-0.05, 0) is 48.1 Å². The molecule has 0 saturated heterocycles. The number of hydrogen-bond donors (Lipinski definition) is 3. The van der Waals surface area contributed by atoms with Crippen molar-refractivity contribution in [3.63, 3.8) is 0 Å². The number of amides is 1. The minimum atomic E-state index is -0.524. The summed E-state index contributed by atoms with van der Waals surface area (Å²) in [5.41, 5.74) is 2.52. The summed E-state index contributed by atoms with van der Waals surface area (Å²) in [5.74, 6) is 1.49. The molecule has 0 fully saturated rings. The van der Waals surface area contributed by atoms with Crippen molar-refractivity contribution < 1.29 is 19.0 Å². The molecular formula is C25H25N3O4S. The first kappa shape index (κ1) is 22.4. The highest BCUT2D eigenvalue weighted by Crippen LogP contribution is 2.39. The highest BCUT2D eigenvalue weighted by atomic mass is 32.1. The molecule has 0 unspecified atom stereocenters. The van der Waals surface area contributed by atoms with Crippen LogP contribution in [0, 0.1) is 0 Å². The van der Waals surface area contributed by atoms with E-state index in [-0.39, 0.29) is 5.91 Å². The first-order chi connectivity index (χ1) is 16.0. The Labute approximate surface area is 197 Å². The van der Waals surface area contributed by atoms with Gasteiger partial charge in [0.05, 0.1) is 38.6 Å². The molecule has 1 aliphatic heterocycles. The maximum Gasteiger partial charge on any atom is 0.255 e. The van der Waals surface area contributed by atoms with E-state index in [4.69, 9.17) is 26.4 Å². The molecule has 0 aliphatic carbocycles. The third-order valence-electron chi connectivity index (χ3n) is 5.61. The number of rotatable bonds is 6. The summed E-state index contributed by atoms with van der Waals surface area (Å²) in [6.07, 6.45) is 0. The maximum atomic E-state index is 13.6. The molecule has 4 rings (SSSR count). The van der Waals surface area contributed by atoms with Gasteiger partial charge in [-0.1, -0.05) is 30.3 Å². The molecule has 7 nitrogen and oxygen atoms in total. The summed E-state index contributed by atoms with van der Waals surface area (Å²) in [5, 5.41) is 11.8. The van der Waals surface area contributed by atoms with Crippen LogP contribution in [0.25, 0.3) is 10.8 Å². The van der Waals surface area contributed by atoms with Crippen molar-refractivity contribution in [1.82, 2.24) is 10.6 Å². The summed E-state index contributed by atoms with van der Waals surface area (Å²) in [6, 6.07) is 16.6. The van der Waals surface area contributed by atoms with E-state index in [0.717, 1.165) is 16.3 Å². The molecule has 1 heterocycles. The van der Waals surface area contributed by atoms with Crippen molar-refractivity contribution in [3.8, 4) is 17.2 Å². The highest BCUT2D eigenvalue weighted by Gasteiger charge is 2.33. The lowest BCUT2D eigenvalue weighted by Gasteiger charge is -2.32. The fourth-order valence-electron chi connectivity index (χ4n) is 4.05. The van der Waals surface area contributed by atoms with Gasteiger partial charge in [0, 0.05) is 17.3 Å². The predicted molar refractivity (Wildman–Crippen MR) is 133 cm³/mol. The molecular weight excluding hydrogens is 438 g/mol. The molecule has 8 heteroatoms. The van der Waals surface area contributed by atoms with Crippen LogP contribution in [-0.4, -0.2) is 32.3 Å². The van der Waals surface area contributed by atoms with Crippen molar-refractivity contribution in [2.75, 3.05) is 26.6 Å². The van der Waals surface area contributed by atoms with Gasteiger partial charge in [0.2, 0.25) is 0 Å². The van der Waals surface area contributed by atoms with Gasteiger partial charge in [-0.2, -0.15) is 0 Å². The monoisotopic (exact) mass is 463 g/mol. The zero-order valence-electron chi connectivity index (χ0n) is 18.8. The number of hydrogen-bond acceptors (Lipinski definition) is 5. The van der Waals surface area contributed by atoms with Crippen LogP contribution in [0.3, 0.4) is 0 Å². The third-order valence-corrected chi connectivity index (χ3v) is 5.83. The zero-order chi connectivity index (χ0) is 23.5. The van der Waals surface area contributed by atoms with Crippen molar-refractivity contribution in [1.29, 1.82) is 0 Å². The van der Waals surface area contributed by atoms with E-state index in [1.54, 1.807) is 39.5 Å². The van der Waals surface area contributed by atoms with Crippen LogP contribution in [0.2, 0.25) is 0 Å². The lowest BCUT2D eigenvalue weighted by Crippen LogP contribution is -2.46. The minimum Gasteiger partial charge on any atom is -0.497 e. The smallest absolute Gasteiger partial charge is 0.255 e. The maximum absolute atomic E-state index is 13.6. The molecule has 0 bridgehead atoms. The summed E-state index contributed by atoms with van der Waals surface area (Å²) in [4.78, 5) is 13.6. The Bertz CT molecular complexity index is 1270. The summed E-state index contributed by atoms with van der Waals surface area (Å²) < 4.78 is 16.4. The number of carbonyl (C=O) groups is 1. The van der Waals surface area contributed by atoms with E-state index < -0.39 is 6.04 Å². The first-order valence-corrected chi connectivity index (χ1v) is 10.7. The Hall–Kier alpha value is -3.78. The number of benzene rings is 3. The summed E-state index contributed by atoms with van der Waals surface area (Å²) in [6.45, 7) is 1.83. The minimum absolute atomic E-state index is 0.293. The van der Waals surface area contributed by atoms with Gasteiger partial charge in [-0.3, -0.25) is 4.79 Å². The van der Waals surface area contributed by atoms with Crippen LogP contribution in [0.5, 0.6) is 17.2 Å². The van der Waals surface area contributed by atoms with Crippen molar-refractivity contribution in [2.24, 2.45) is 0 Å². The van der Waals surface area contributed by atoms with Gasteiger partial charge in [0.25, 0.3) is 5.91 Å². The Morgan fingerprint density at radius 1 is 0.970 bits per heavy atom. The third kappa shape index (κ3) is 4.29. The van der Waals surface area contributed by atoms with Gasteiger partial charge < -0.3 is 30.2 Å². The quantitative estimate of drug-likeness (QED) is 0.471. The van der Waals surface area contributed by atoms with Crippen molar-refractivity contribution in [3.05, 3.63) is 71.4 Å². The molecule has 1 atom stereocenters.